The standard InChI is InChI=1S/C21H27FN2O2/c1-26-21(25)16-24(19-9-3-2-4-10-19)15-20-11-6-12-23(20)14-17-7-5-8-18(22)13-17/h5-8,11-13,19H,2-4,9-10,14-16H2,1H3. The predicted molar refractivity (Wildman–Crippen MR) is 99.2 cm³/mol. The lowest BCUT2D eigenvalue weighted by molar-refractivity contribution is -0.143. The van der Waals surface area contributed by atoms with Crippen LogP contribution in [0.5, 0.6) is 0 Å². The molecule has 2 aromatic rings. The van der Waals surface area contributed by atoms with Gasteiger partial charge in [0.05, 0.1) is 13.7 Å². The molecule has 0 amide bonds. The predicted octanol–water partition coefficient (Wildman–Crippen LogP) is 3.98. The van der Waals surface area contributed by atoms with Crippen molar-refractivity contribution in [3.8, 4) is 0 Å². The molecule has 1 fully saturated rings. The van der Waals surface area contributed by atoms with Crippen LogP contribution in [-0.4, -0.2) is 35.1 Å². The van der Waals surface area contributed by atoms with Gasteiger partial charge in [-0.2, -0.15) is 0 Å². The van der Waals surface area contributed by atoms with Crippen LogP contribution in [-0.2, 0) is 22.6 Å². The van der Waals surface area contributed by atoms with Crippen molar-refractivity contribution < 1.29 is 13.9 Å². The number of nitrogens with zero attached hydrogens (tertiary/aromatic N) is 2. The Kier molecular flexibility index (Phi) is 6.45. The molecule has 0 saturated heterocycles. The molecule has 0 aliphatic heterocycles. The Bertz CT molecular complexity index is 722. The van der Waals surface area contributed by atoms with Crippen LogP contribution in [0.4, 0.5) is 4.39 Å². The molecular weight excluding hydrogens is 331 g/mol. The summed E-state index contributed by atoms with van der Waals surface area (Å²) in [6.07, 6.45) is 7.97. The van der Waals surface area contributed by atoms with Gasteiger partial charge in [-0.15, -0.1) is 0 Å². The largest absolute Gasteiger partial charge is 0.468 e. The van der Waals surface area contributed by atoms with Gasteiger partial charge in [-0.25, -0.2) is 4.39 Å². The molecule has 1 heterocycles. The van der Waals surface area contributed by atoms with E-state index >= 15 is 0 Å². The fourth-order valence-electron chi connectivity index (χ4n) is 3.78. The van der Waals surface area contributed by atoms with E-state index in [4.69, 9.17) is 4.74 Å². The molecule has 0 bridgehead atoms. The highest BCUT2D eigenvalue weighted by Gasteiger charge is 2.24. The van der Waals surface area contributed by atoms with E-state index in [1.807, 2.05) is 18.3 Å². The molecule has 1 aliphatic carbocycles. The quantitative estimate of drug-likeness (QED) is 0.702. The van der Waals surface area contributed by atoms with Crippen LogP contribution >= 0.6 is 0 Å². The van der Waals surface area contributed by atoms with E-state index in [1.54, 1.807) is 12.1 Å². The van der Waals surface area contributed by atoms with E-state index in [1.165, 1.54) is 32.4 Å². The van der Waals surface area contributed by atoms with Gasteiger partial charge in [0.15, 0.2) is 0 Å². The minimum absolute atomic E-state index is 0.196. The summed E-state index contributed by atoms with van der Waals surface area (Å²) in [4.78, 5) is 14.1. The number of carbonyl (C=O) groups is 1. The number of benzene rings is 1. The van der Waals surface area contributed by atoms with Crippen molar-refractivity contribution in [2.45, 2.75) is 51.2 Å². The lowest BCUT2D eigenvalue weighted by Gasteiger charge is -2.33. The van der Waals surface area contributed by atoms with Crippen molar-refractivity contribution >= 4 is 5.97 Å². The van der Waals surface area contributed by atoms with Crippen molar-refractivity contribution in [3.63, 3.8) is 0 Å². The minimum Gasteiger partial charge on any atom is -0.468 e. The molecule has 0 spiro atoms. The van der Waals surface area contributed by atoms with Crippen LogP contribution in [0, 0.1) is 5.82 Å². The van der Waals surface area contributed by atoms with Crippen molar-refractivity contribution in [2.75, 3.05) is 13.7 Å². The molecule has 1 aromatic heterocycles. The number of halogens is 1. The van der Waals surface area contributed by atoms with Gasteiger partial charge in [-0.3, -0.25) is 9.69 Å². The van der Waals surface area contributed by atoms with Crippen LogP contribution < -0.4 is 0 Å². The topological polar surface area (TPSA) is 34.5 Å². The smallest absolute Gasteiger partial charge is 0.319 e. The van der Waals surface area contributed by atoms with Crippen LogP contribution in [0.3, 0.4) is 0 Å². The summed E-state index contributed by atoms with van der Waals surface area (Å²) in [6.45, 7) is 1.63. The Morgan fingerprint density at radius 1 is 1.23 bits per heavy atom. The zero-order valence-corrected chi connectivity index (χ0v) is 15.4. The lowest BCUT2D eigenvalue weighted by Crippen LogP contribution is -2.40. The molecule has 3 rings (SSSR count). The third-order valence-corrected chi connectivity index (χ3v) is 5.18. The van der Waals surface area contributed by atoms with Crippen molar-refractivity contribution in [2.24, 2.45) is 0 Å². The molecule has 1 aliphatic rings. The average Bonchev–Trinajstić information content (AvgIpc) is 3.08. The minimum atomic E-state index is -0.217. The van der Waals surface area contributed by atoms with E-state index in [-0.39, 0.29) is 11.8 Å². The molecule has 0 N–H and O–H groups in total. The second kappa shape index (κ2) is 8.99. The van der Waals surface area contributed by atoms with Gasteiger partial charge < -0.3 is 9.30 Å². The van der Waals surface area contributed by atoms with Gasteiger partial charge in [-0.1, -0.05) is 31.4 Å². The Morgan fingerprint density at radius 2 is 2.04 bits per heavy atom. The number of hydrogen-bond acceptors (Lipinski definition) is 3. The highest BCUT2D eigenvalue weighted by atomic mass is 19.1. The van der Waals surface area contributed by atoms with Gasteiger partial charge in [0, 0.05) is 31.0 Å². The maximum atomic E-state index is 13.5. The van der Waals surface area contributed by atoms with Gasteiger partial charge >= 0.3 is 5.97 Å². The summed E-state index contributed by atoms with van der Waals surface area (Å²) in [6, 6.07) is 11.2. The van der Waals surface area contributed by atoms with E-state index in [0.29, 0.717) is 25.7 Å². The number of methoxy groups -OCH3 is 1. The zero-order chi connectivity index (χ0) is 18.4. The molecule has 1 saturated carbocycles. The summed E-state index contributed by atoms with van der Waals surface area (Å²) in [7, 11) is 1.44. The van der Waals surface area contributed by atoms with E-state index < -0.39 is 0 Å². The number of rotatable bonds is 7. The summed E-state index contributed by atoms with van der Waals surface area (Å²) < 4.78 is 20.5. The molecular formula is C21H27FN2O2. The van der Waals surface area contributed by atoms with Gasteiger partial charge in [0.25, 0.3) is 0 Å². The molecule has 26 heavy (non-hydrogen) atoms. The van der Waals surface area contributed by atoms with Crippen LogP contribution in [0.1, 0.15) is 43.4 Å². The van der Waals surface area contributed by atoms with Crippen molar-refractivity contribution in [1.82, 2.24) is 9.47 Å². The van der Waals surface area contributed by atoms with Crippen LogP contribution in [0.25, 0.3) is 0 Å². The molecule has 0 atom stereocenters. The summed E-state index contributed by atoms with van der Waals surface area (Å²) in [5.41, 5.74) is 2.06. The first-order valence-electron chi connectivity index (χ1n) is 9.35. The Labute approximate surface area is 154 Å². The summed E-state index contributed by atoms with van der Waals surface area (Å²) >= 11 is 0. The third kappa shape index (κ3) is 4.94. The molecule has 4 nitrogen and oxygen atoms in total. The summed E-state index contributed by atoms with van der Waals surface area (Å²) in [5.74, 6) is -0.412. The molecule has 0 unspecified atom stereocenters. The van der Waals surface area contributed by atoms with Crippen molar-refractivity contribution in [1.29, 1.82) is 0 Å². The van der Waals surface area contributed by atoms with Gasteiger partial charge in [0.2, 0.25) is 0 Å². The van der Waals surface area contributed by atoms with Crippen LogP contribution in [0.2, 0.25) is 0 Å². The monoisotopic (exact) mass is 358 g/mol. The maximum absolute atomic E-state index is 13.5. The normalized spacial score (nSPS) is 15.3. The van der Waals surface area contributed by atoms with E-state index in [0.717, 1.165) is 24.1 Å². The number of hydrogen-bond donors (Lipinski definition) is 0. The lowest BCUT2D eigenvalue weighted by atomic mass is 9.94. The van der Waals surface area contributed by atoms with Crippen molar-refractivity contribution in [3.05, 3.63) is 59.7 Å². The Hall–Kier alpha value is -2.14. The second-order valence-corrected chi connectivity index (χ2v) is 7.03. The van der Waals surface area contributed by atoms with Gasteiger partial charge in [0.1, 0.15) is 5.82 Å². The Balaban J connectivity index is 1.74. The first-order valence-corrected chi connectivity index (χ1v) is 9.35. The average molecular weight is 358 g/mol. The highest BCUT2D eigenvalue weighted by Crippen LogP contribution is 2.24. The van der Waals surface area contributed by atoms with Crippen LogP contribution in [0.15, 0.2) is 42.6 Å². The molecule has 0 radical (unpaired) electrons. The maximum Gasteiger partial charge on any atom is 0.319 e. The highest BCUT2D eigenvalue weighted by molar-refractivity contribution is 5.71. The fourth-order valence-corrected chi connectivity index (χ4v) is 3.78. The number of aromatic nitrogens is 1. The summed E-state index contributed by atoms with van der Waals surface area (Å²) in [5, 5.41) is 0. The molecule has 140 valence electrons. The first kappa shape index (κ1) is 18.6. The van der Waals surface area contributed by atoms with E-state index in [2.05, 4.69) is 15.5 Å². The van der Waals surface area contributed by atoms with E-state index in [9.17, 15) is 9.18 Å². The number of carbonyl (C=O) groups excluding carboxylic acids is 1. The molecule has 1 aromatic carbocycles. The first-order chi connectivity index (χ1) is 12.7. The molecule has 5 heteroatoms. The third-order valence-electron chi connectivity index (χ3n) is 5.18. The Morgan fingerprint density at radius 3 is 2.77 bits per heavy atom. The van der Waals surface area contributed by atoms with Gasteiger partial charge in [-0.05, 0) is 42.7 Å². The number of esters is 1. The SMILES string of the molecule is COC(=O)CN(Cc1cccn1Cc1cccc(F)c1)C1CCCCC1. The number of ether oxygens (including phenoxy) is 1. The zero-order valence-electron chi connectivity index (χ0n) is 15.4. The fraction of sp³-hybridized carbons (Fsp3) is 0.476. The second-order valence-electron chi connectivity index (χ2n) is 7.03.